The van der Waals surface area contributed by atoms with Gasteiger partial charge in [-0.3, -0.25) is 4.79 Å². The summed E-state index contributed by atoms with van der Waals surface area (Å²) < 4.78 is 20.1. The summed E-state index contributed by atoms with van der Waals surface area (Å²) >= 11 is 1.17. The van der Waals surface area contributed by atoms with Gasteiger partial charge in [-0.2, -0.15) is 0 Å². The van der Waals surface area contributed by atoms with Crippen LogP contribution in [0.2, 0.25) is 0 Å². The van der Waals surface area contributed by atoms with Crippen LogP contribution in [0.5, 0.6) is 0 Å². The number of hydrogen-bond acceptors (Lipinski definition) is 8. The maximum absolute atomic E-state index is 14.8. The van der Waals surface area contributed by atoms with E-state index in [4.69, 9.17) is 10.2 Å². The second kappa shape index (κ2) is 8.13. The maximum atomic E-state index is 14.8. The van der Waals surface area contributed by atoms with Crippen LogP contribution in [0.15, 0.2) is 47.0 Å². The topological polar surface area (TPSA) is 127 Å². The van der Waals surface area contributed by atoms with Gasteiger partial charge >= 0.3 is 0 Å². The van der Waals surface area contributed by atoms with Crippen LogP contribution >= 0.6 is 11.3 Å². The smallest absolute Gasteiger partial charge is 0.251 e. The Morgan fingerprint density at radius 1 is 1.22 bits per heavy atom. The number of nitrogens with one attached hydrogen (secondary N) is 1. The average Bonchev–Trinajstić information content (AvgIpc) is 3.34. The van der Waals surface area contributed by atoms with E-state index in [1.807, 2.05) is 0 Å². The van der Waals surface area contributed by atoms with Crippen molar-refractivity contribution in [2.24, 2.45) is 5.73 Å². The normalized spacial score (nSPS) is 11.5. The molecule has 0 aliphatic carbocycles. The fourth-order valence-electron chi connectivity index (χ4n) is 3.02. The quantitative estimate of drug-likeness (QED) is 0.395. The second-order valence-electron chi connectivity index (χ2n) is 7.65. The molecule has 3 aromatic heterocycles. The van der Waals surface area contributed by atoms with Crippen LogP contribution in [0.25, 0.3) is 21.9 Å². The molecule has 0 saturated carbocycles. The number of carbonyl (C=O) groups is 1. The molecule has 0 fully saturated rings. The van der Waals surface area contributed by atoms with Crippen LogP contribution in [0, 0.1) is 12.7 Å². The molecule has 0 bridgehead atoms. The SMILES string of the molecule is Cc1nnc(-c2ccc(Nc3sc(-c4ccc(C(C)(C)O)cc4F)cc3C(N)=O)nc2)o1. The number of rotatable bonds is 6. The van der Waals surface area contributed by atoms with Crippen LogP contribution in [-0.2, 0) is 5.60 Å². The highest BCUT2D eigenvalue weighted by molar-refractivity contribution is 7.19. The van der Waals surface area contributed by atoms with Gasteiger partial charge < -0.3 is 20.6 Å². The van der Waals surface area contributed by atoms with Gasteiger partial charge in [-0.15, -0.1) is 21.5 Å². The van der Waals surface area contributed by atoms with Crippen molar-refractivity contribution in [3.63, 3.8) is 0 Å². The minimum atomic E-state index is -1.17. The number of primary amides is 1. The van der Waals surface area contributed by atoms with Crippen LogP contribution in [0.3, 0.4) is 0 Å². The number of amides is 1. The molecule has 32 heavy (non-hydrogen) atoms. The third kappa shape index (κ3) is 4.36. The van der Waals surface area contributed by atoms with Gasteiger partial charge in [0.15, 0.2) is 0 Å². The number of nitrogens with two attached hydrogens (primary N) is 1. The highest BCUT2D eigenvalue weighted by Gasteiger charge is 2.21. The number of benzene rings is 1. The molecule has 0 aliphatic rings. The number of pyridine rings is 1. The molecule has 3 heterocycles. The highest BCUT2D eigenvalue weighted by atomic mass is 32.1. The number of aromatic nitrogens is 3. The summed E-state index contributed by atoms with van der Waals surface area (Å²) in [6.45, 7) is 4.86. The molecule has 0 aliphatic heterocycles. The maximum Gasteiger partial charge on any atom is 0.251 e. The summed E-state index contributed by atoms with van der Waals surface area (Å²) in [5, 5.41) is 21.3. The minimum absolute atomic E-state index is 0.217. The molecule has 1 aromatic carbocycles. The van der Waals surface area contributed by atoms with Crippen molar-refractivity contribution in [2.45, 2.75) is 26.4 Å². The number of anilines is 2. The van der Waals surface area contributed by atoms with Crippen LogP contribution in [-0.4, -0.2) is 26.2 Å². The van der Waals surface area contributed by atoms with Gasteiger partial charge in [0.1, 0.15) is 16.6 Å². The van der Waals surface area contributed by atoms with Crippen LogP contribution in [0.1, 0.15) is 35.7 Å². The number of aliphatic hydroxyl groups is 1. The van der Waals surface area contributed by atoms with Gasteiger partial charge in [0.25, 0.3) is 5.91 Å². The van der Waals surface area contributed by atoms with Crippen LogP contribution < -0.4 is 11.1 Å². The Morgan fingerprint density at radius 2 is 2.00 bits per heavy atom. The van der Waals surface area contributed by atoms with E-state index in [2.05, 4.69) is 20.5 Å². The lowest BCUT2D eigenvalue weighted by Crippen LogP contribution is -2.15. The lowest BCUT2D eigenvalue weighted by Gasteiger charge is -2.18. The molecule has 10 heteroatoms. The molecule has 164 valence electrons. The monoisotopic (exact) mass is 453 g/mol. The Kier molecular flexibility index (Phi) is 5.49. The average molecular weight is 453 g/mol. The largest absolute Gasteiger partial charge is 0.421 e. The van der Waals surface area contributed by atoms with E-state index < -0.39 is 17.3 Å². The Balaban J connectivity index is 1.64. The predicted molar refractivity (Wildman–Crippen MR) is 119 cm³/mol. The first-order valence-electron chi connectivity index (χ1n) is 9.62. The molecule has 0 radical (unpaired) electrons. The van der Waals surface area contributed by atoms with Crippen molar-refractivity contribution < 1.29 is 18.7 Å². The molecule has 1 amide bonds. The van der Waals surface area contributed by atoms with Crippen molar-refractivity contribution in [3.05, 3.63) is 65.4 Å². The summed E-state index contributed by atoms with van der Waals surface area (Å²) in [6, 6.07) is 9.48. The lowest BCUT2D eigenvalue weighted by atomic mass is 9.96. The van der Waals surface area contributed by atoms with Crippen molar-refractivity contribution in [1.82, 2.24) is 15.2 Å². The zero-order valence-electron chi connectivity index (χ0n) is 17.5. The third-order valence-corrected chi connectivity index (χ3v) is 5.80. The summed E-state index contributed by atoms with van der Waals surface area (Å²) in [4.78, 5) is 16.8. The standard InChI is InChI=1S/C22H20FN5O3S/c1-11-27-28-20(31-11)12-4-7-18(25-10-12)26-21-15(19(24)29)9-17(32-21)14-6-5-13(8-16(14)23)22(2,3)30/h4-10,30H,1-3H3,(H2,24,29)(H,25,26). The predicted octanol–water partition coefficient (Wildman–Crippen LogP) is 4.38. The van der Waals surface area contributed by atoms with Gasteiger partial charge in [-0.1, -0.05) is 12.1 Å². The number of nitrogens with zero attached hydrogens (tertiary/aromatic N) is 3. The molecular weight excluding hydrogens is 433 g/mol. The molecule has 0 saturated heterocycles. The molecule has 4 rings (SSSR count). The number of hydrogen-bond donors (Lipinski definition) is 3. The minimum Gasteiger partial charge on any atom is -0.421 e. The molecule has 0 atom stereocenters. The first-order valence-corrected chi connectivity index (χ1v) is 10.4. The van der Waals surface area contributed by atoms with E-state index in [9.17, 15) is 14.3 Å². The van der Waals surface area contributed by atoms with Gasteiger partial charge in [0.05, 0.1) is 16.7 Å². The Morgan fingerprint density at radius 3 is 2.56 bits per heavy atom. The van der Waals surface area contributed by atoms with E-state index in [0.717, 1.165) is 0 Å². The molecule has 8 nitrogen and oxygen atoms in total. The van der Waals surface area contributed by atoms with E-state index in [0.29, 0.717) is 44.2 Å². The van der Waals surface area contributed by atoms with E-state index in [1.54, 1.807) is 51.2 Å². The van der Waals surface area contributed by atoms with E-state index in [-0.39, 0.29) is 5.56 Å². The molecule has 4 N–H and O–H groups in total. The summed E-state index contributed by atoms with van der Waals surface area (Å²) in [7, 11) is 0. The van der Waals surface area contributed by atoms with Gasteiger partial charge in [-0.05, 0) is 43.7 Å². The molecule has 0 spiro atoms. The first-order chi connectivity index (χ1) is 15.1. The second-order valence-corrected chi connectivity index (χ2v) is 8.71. The Hall–Kier alpha value is -3.63. The van der Waals surface area contributed by atoms with Crippen molar-refractivity contribution in [2.75, 3.05) is 5.32 Å². The van der Waals surface area contributed by atoms with Crippen molar-refractivity contribution >= 4 is 28.1 Å². The Bertz CT molecular complexity index is 1290. The fraction of sp³-hybridized carbons (Fsp3) is 0.182. The fourth-order valence-corrected chi connectivity index (χ4v) is 4.12. The molecule has 0 unspecified atom stereocenters. The van der Waals surface area contributed by atoms with Crippen molar-refractivity contribution in [3.8, 4) is 21.9 Å². The van der Waals surface area contributed by atoms with E-state index >= 15 is 0 Å². The molecule has 4 aromatic rings. The van der Waals surface area contributed by atoms with E-state index in [1.165, 1.54) is 23.5 Å². The summed E-state index contributed by atoms with van der Waals surface area (Å²) in [5.74, 6) is 0.0935. The Labute approximate surface area is 187 Å². The molecular formula is C22H20FN5O3S. The van der Waals surface area contributed by atoms with Crippen molar-refractivity contribution in [1.29, 1.82) is 0 Å². The highest BCUT2D eigenvalue weighted by Crippen LogP contribution is 2.38. The number of aryl methyl sites for hydroxylation is 1. The zero-order valence-corrected chi connectivity index (χ0v) is 18.3. The first kappa shape index (κ1) is 21.6. The zero-order chi connectivity index (χ0) is 23.0. The third-order valence-electron chi connectivity index (χ3n) is 4.72. The number of carbonyl (C=O) groups excluding carboxylic acids is 1. The summed E-state index contributed by atoms with van der Waals surface area (Å²) in [5.41, 5.74) is 5.98. The van der Waals surface area contributed by atoms with Gasteiger partial charge in [0.2, 0.25) is 11.8 Å². The number of thiophene rings is 1. The van der Waals surface area contributed by atoms with Gasteiger partial charge in [0, 0.05) is 23.6 Å². The van der Waals surface area contributed by atoms with Crippen LogP contribution in [0.4, 0.5) is 15.2 Å². The lowest BCUT2D eigenvalue weighted by molar-refractivity contribution is 0.0782. The number of halogens is 1. The summed E-state index contributed by atoms with van der Waals surface area (Å²) in [6.07, 6.45) is 1.56. The van der Waals surface area contributed by atoms with Gasteiger partial charge in [-0.25, -0.2) is 9.37 Å².